The maximum absolute atomic E-state index is 11.7. The van der Waals surface area contributed by atoms with Gasteiger partial charge < -0.3 is 10.1 Å². The third-order valence-electron chi connectivity index (χ3n) is 2.87. The Morgan fingerprint density at radius 2 is 1.85 bits per heavy atom. The van der Waals surface area contributed by atoms with Gasteiger partial charge in [-0.2, -0.15) is 0 Å². The van der Waals surface area contributed by atoms with E-state index in [2.05, 4.69) is 36.8 Å². The Morgan fingerprint density at radius 3 is 2.50 bits per heavy atom. The first-order chi connectivity index (χ1) is 9.49. The van der Waals surface area contributed by atoms with Gasteiger partial charge in [0.2, 0.25) is 0 Å². The van der Waals surface area contributed by atoms with Crippen molar-refractivity contribution in [3.63, 3.8) is 0 Å². The van der Waals surface area contributed by atoms with Crippen LogP contribution in [0.1, 0.15) is 0 Å². The average Bonchev–Trinajstić information content (AvgIpc) is 2.73. The standard InChI is InChI=1S/C13H6Br2ClNO2S/c14-9-10(18)8-7(5-1-3-6(16)4-2-5)11(15)20-13(8)17-12(9)19/h1-4H,(H2,17,18,19). The number of hydrogen-bond acceptors (Lipinski definition) is 3. The van der Waals surface area contributed by atoms with Crippen LogP contribution >= 0.6 is 54.8 Å². The van der Waals surface area contributed by atoms with Gasteiger partial charge in [-0.25, -0.2) is 0 Å². The number of thiophene rings is 1. The zero-order valence-corrected chi connectivity index (χ0v) is 14.5. The molecule has 3 rings (SSSR count). The van der Waals surface area contributed by atoms with E-state index in [1.807, 2.05) is 12.1 Å². The van der Waals surface area contributed by atoms with E-state index in [0.29, 0.717) is 15.2 Å². The van der Waals surface area contributed by atoms with Gasteiger partial charge in [0, 0.05) is 10.6 Å². The predicted octanol–water partition coefficient (Wildman–Crippen LogP) is 5.14. The fourth-order valence-electron chi connectivity index (χ4n) is 1.97. The Bertz CT molecular complexity index is 871. The predicted molar refractivity (Wildman–Crippen MR) is 90.0 cm³/mol. The largest absolute Gasteiger partial charge is 0.506 e. The number of H-pyrrole nitrogens is 1. The molecule has 0 radical (unpaired) electrons. The molecule has 0 saturated heterocycles. The summed E-state index contributed by atoms with van der Waals surface area (Å²) in [6, 6.07) is 7.30. The number of aromatic hydroxyl groups is 1. The van der Waals surface area contributed by atoms with Crippen LogP contribution in [0.15, 0.2) is 37.3 Å². The average molecular weight is 436 g/mol. The fraction of sp³-hybridized carbons (Fsp3) is 0. The Balaban J connectivity index is 2.41. The number of pyridine rings is 1. The van der Waals surface area contributed by atoms with Crippen LogP contribution in [0, 0.1) is 0 Å². The summed E-state index contributed by atoms with van der Waals surface area (Å²) in [6.07, 6.45) is 0. The van der Waals surface area contributed by atoms with Crippen LogP contribution in [0.5, 0.6) is 5.75 Å². The summed E-state index contributed by atoms with van der Waals surface area (Å²) in [7, 11) is 0. The first-order valence-electron chi connectivity index (χ1n) is 5.47. The highest BCUT2D eigenvalue weighted by Gasteiger charge is 2.19. The molecule has 2 heterocycles. The number of fused-ring (bicyclic) bond motifs is 1. The lowest BCUT2D eigenvalue weighted by molar-refractivity contribution is 0.477. The highest BCUT2D eigenvalue weighted by molar-refractivity contribution is 9.11. The summed E-state index contributed by atoms with van der Waals surface area (Å²) in [4.78, 5) is 15.0. The number of hydrogen-bond donors (Lipinski definition) is 2. The molecule has 0 spiro atoms. The summed E-state index contributed by atoms with van der Waals surface area (Å²) in [5.41, 5.74) is 1.38. The van der Waals surface area contributed by atoms with Crippen molar-refractivity contribution in [2.75, 3.05) is 0 Å². The normalized spacial score (nSPS) is 11.2. The zero-order valence-electron chi connectivity index (χ0n) is 9.71. The number of benzene rings is 1. The Morgan fingerprint density at radius 1 is 1.20 bits per heavy atom. The molecule has 2 N–H and O–H groups in total. The van der Waals surface area contributed by atoms with Crippen molar-refractivity contribution in [1.29, 1.82) is 0 Å². The molecule has 0 atom stereocenters. The van der Waals surface area contributed by atoms with Crippen LogP contribution in [0.2, 0.25) is 5.02 Å². The van der Waals surface area contributed by atoms with Gasteiger partial charge in [0.05, 0.1) is 9.17 Å². The lowest BCUT2D eigenvalue weighted by Crippen LogP contribution is -2.05. The SMILES string of the molecule is O=c1[nH]c2sc(Br)c(-c3ccc(Cl)cc3)c2c(O)c1Br. The van der Waals surface area contributed by atoms with Crippen molar-refractivity contribution in [1.82, 2.24) is 4.98 Å². The minimum Gasteiger partial charge on any atom is -0.506 e. The molecular formula is C13H6Br2ClNO2S. The molecule has 0 amide bonds. The van der Waals surface area contributed by atoms with Crippen LogP contribution in [0.3, 0.4) is 0 Å². The molecular weight excluding hydrogens is 429 g/mol. The first-order valence-corrected chi connectivity index (χ1v) is 8.25. The van der Waals surface area contributed by atoms with Crippen molar-refractivity contribution in [2.45, 2.75) is 0 Å². The maximum Gasteiger partial charge on any atom is 0.267 e. The van der Waals surface area contributed by atoms with Crippen LogP contribution in [0.25, 0.3) is 21.3 Å². The first kappa shape index (κ1) is 14.1. The topological polar surface area (TPSA) is 53.1 Å². The molecule has 0 unspecified atom stereocenters. The highest BCUT2D eigenvalue weighted by atomic mass is 79.9. The van der Waals surface area contributed by atoms with Gasteiger partial charge in [-0.1, -0.05) is 23.7 Å². The van der Waals surface area contributed by atoms with E-state index in [9.17, 15) is 9.90 Å². The van der Waals surface area contributed by atoms with Crippen molar-refractivity contribution >= 4 is 65.0 Å². The molecule has 3 aromatic rings. The smallest absolute Gasteiger partial charge is 0.267 e. The molecule has 0 aliphatic heterocycles. The monoisotopic (exact) mass is 433 g/mol. The number of halogens is 3. The fourth-order valence-corrected chi connectivity index (χ4v) is 4.25. The van der Waals surface area contributed by atoms with Crippen LogP contribution in [-0.2, 0) is 0 Å². The van der Waals surface area contributed by atoms with Gasteiger partial charge in [-0.3, -0.25) is 4.79 Å². The van der Waals surface area contributed by atoms with Crippen molar-refractivity contribution < 1.29 is 5.11 Å². The van der Waals surface area contributed by atoms with E-state index < -0.39 is 0 Å². The van der Waals surface area contributed by atoms with Gasteiger partial charge in [0.25, 0.3) is 5.56 Å². The summed E-state index contributed by atoms with van der Waals surface area (Å²) in [5, 5.41) is 11.5. The van der Waals surface area contributed by atoms with Crippen molar-refractivity contribution in [3.05, 3.63) is 47.9 Å². The Labute approximate surface area is 139 Å². The highest BCUT2D eigenvalue weighted by Crippen LogP contribution is 2.46. The van der Waals surface area contributed by atoms with Gasteiger partial charge in [0.15, 0.2) is 0 Å². The van der Waals surface area contributed by atoms with Gasteiger partial charge in [-0.15, -0.1) is 11.3 Å². The minimum absolute atomic E-state index is 0.0596. The molecule has 102 valence electrons. The summed E-state index contributed by atoms with van der Waals surface area (Å²) in [5.74, 6) is -0.0596. The second-order valence-electron chi connectivity index (χ2n) is 4.08. The van der Waals surface area contributed by atoms with Gasteiger partial charge in [0.1, 0.15) is 15.1 Å². The minimum atomic E-state index is -0.355. The Hall–Kier alpha value is -0.820. The lowest BCUT2D eigenvalue weighted by Gasteiger charge is -2.04. The molecule has 2 aromatic heterocycles. The second kappa shape index (κ2) is 5.18. The number of rotatable bonds is 1. The third-order valence-corrected chi connectivity index (χ3v) is 5.63. The summed E-state index contributed by atoms with van der Waals surface area (Å²) in [6.45, 7) is 0. The quantitative estimate of drug-likeness (QED) is 0.556. The van der Waals surface area contributed by atoms with Gasteiger partial charge >= 0.3 is 0 Å². The van der Waals surface area contributed by atoms with Crippen LogP contribution < -0.4 is 5.56 Å². The molecule has 0 aliphatic carbocycles. The second-order valence-corrected chi connectivity index (χ2v) is 7.65. The van der Waals surface area contributed by atoms with E-state index in [4.69, 9.17) is 11.6 Å². The molecule has 20 heavy (non-hydrogen) atoms. The number of nitrogens with one attached hydrogen (secondary N) is 1. The van der Waals surface area contributed by atoms with E-state index in [1.165, 1.54) is 11.3 Å². The summed E-state index contributed by atoms with van der Waals surface area (Å²) < 4.78 is 0.962. The van der Waals surface area contributed by atoms with Crippen LogP contribution in [-0.4, -0.2) is 10.1 Å². The molecule has 7 heteroatoms. The van der Waals surface area contributed by atoms with E-state index >= 15 is 0 Å². The van der Waals surface area contributed by atoms with E-state index in [0.717, 1.165) is 14.9 Å². The van der Waals surface area contributed by atoms with Crippen LogP contribution in [0.4, 0.5) is 0 Å². The lowest BCUT2D eigenvalue weighted by atomic mass is 10.1. The van der Waals surface area contributed by atoms with Crippen molar-refractivity contribution in [3.8, 4) is 16.9 Å². The Kier molecular flexibility index (Phi) is 3.66. The molecule has 3 nitrogen and oxygen atoms in total. The maximum atomic E-state index is 11.7. The van der Waals surface area contributed by atoms with E-state index in [1.54, 1.807) is 12.1 Å². The molecule has 1 aromatic carbocycles. The van der Waals surface area contributed by atoms with Crippen molar-refractivity contribution in [2.24, 2.45) is 0 Å². The third kappa shape index (κ3) is 2.20. The zero-order chi connectivity index (χ0) is 14.4. The van der Waals surface area contributed by atoms with E-state index in [-0.39, 0.29) is 15.8 Å². The molecule has 0 aliphatic rings. The molecule has 0 bridgehead atoms. The number of aromatic amines is 1. The molecule has 0 saturated carbocycles. The molecule has 0 fully saturated rings. The van der Waals surface area contributed by atoms with Gasteiger partial charge in [-0.05, 0) is 49.6 Å². The number of aromatic nitrogens is 1. The summed E-state index contributed by atoms with van der Waals surface area (Å²) >= 11 is 13.8.